The Morgan fingerprint density at radius 1 is 1.23 bits per heavy atom. The molecular formula is C17H27N3O2. The second-order valence-electron chi connectivity index (χ2n) is 6.65. The van der Waals surface area contributed by atoms with Gasteiger partial charge >= 0.3 is 6.03 Å². The molecule has 0 aromatic heterocycles. The van der Waals surface area contributed by atoms with Crippen LogP contribution in [0.3, 0.4) is 0 Å². The van der Waals surface area contributed by atoms with Gasteiger partial charge in [-0.15, -0.1) is 0 Å². The van der Waals surface area contributed by atoms with Crippen molar-refractivity contribution in [2.24, 2.45) is 0 Å². The number of para-hydroxylation sites is 1. The Kier molecular flexibility index (Phi) is 5.42. The molecule has 1 fully saturated rings. The number of hydrogen-bond donors (Lipinski definition) is 2. The summed E-state index contributed by atoms with van der Waals surface area (Å²) >= 11 is 0. The molecule has 0 spiro atoms. The first-order valence-corrected chi connectivity index (χ1v) is 7.87. The minimum absolute atomic E-state index is 0.111. The van der Waals surface area contributed by atoms with Crippen LogP contribution in [0.1, 0.15) is 27.7 Å². The van der Waals surface area contributed by atoms with Gasteiger partial charge in [0.25, 0.3) is 0 Å². The van der Waals surface area contributed by atoms with E-state index in [0.717, 1.165) is 18.8 Å². The molecule has 0 saturated carbocycles. The minimum atomic E-state index is -0.173. The number of urea groups is 1. The van der Waals surface area contributed by atoms with E-state index in [-0.39, 0.29) is 23.8 Å². The molecule has 1 saturated heterocycles. The monoisotopic (exact) mass is 305 g/mol. The van der Waals surface area contributed by atoms with Crippen LogP contribution >= 0.6 is 0 Å². The van der Waals surface area contributed by atoms with Crippen molar-refractivity contribution in [3.8, 4) is 0 Å². The van der Waals surface area contributed by atoms with Gasteiger partial charge in [-0.2, -0.15) is 0 Å². The molecule has 0 unspecified atom stereocenters. The lowest BCUT2D eigenvalue weighted by molar-refractivity contribution is -0.0947. The molecule has 122 valence electrons. The topological polar surface area (TPSA) is 53.6 Å². The Morgan fingerprint density at radius 3 is 2.41 bits per heavy atom. The molecule has 1 aliphatic heterocycles. The van der Waals surface area contributed by atoms with Crippen molar-refractivity contribution in [1.82, 2.24) is 10.2 Å². The van der Waals surface area contributed by atoms with Gasteiger partial charge < -0.3 is 15.4 Å². The van der Waals surface area contributed by atoms with Gasteiger partial charge in [0.15, 0.2) is 0 Å². The summed E-state index contributed by atoms with van der Waals surface area (Å²) in [6.07, 6.45) is 0.447. The third-order valence-electron chi connectivity index (χ3n) is 3.99. The SMILES string of the molecule is C[C@@H]1CN(C(C)(C)CNC(=O)Nc2ccccc2)C[C@H](C)O1. The summed E-state index contributed by atoms with van der Waals surface area (Å²) in [6.45, 7) is 10.9. The zero-order valence-corrected chi connectivity index (χ0v) is 13.9. The minimum Gasteiger partial charge on any atom is -0.373 e. The van der Waals surface area contributed by atoms with Gasteiger partial charge in [0.05, 0.1) is 12.2 Å². The molecule has 2 N–H and O–H groups in total. The number of anilines is 1. The van der Waals surface area contributed by atoms with E-state index in [4.69, 9.17) is 4.74 Å². The standard InChI is InChI=1S/C17H27N3O2/c1-13-10-20(11-14(2)22-13)17(3,4)12-18-16(21)19-15-8-6-5-7-9-15/h5-9,13-14H,10-12H2,1-4H3,(H2,18,19,21)/t13-,14+. The lowest BCUT2D eigenvalue weighted by atomic mass is 10.00. The van der Waals surface area contributed by atoms with E-state index in [0.29, 0.717) is 6.54 Å². The maximum atomic E-state index is 12.0. The fourth-order valence-electron chi connectivity index (χ4n) is 2.78. The average molecular weight is 305 g/mol. The van der Waals surface area contributed by atoms with Crippen molar-refractivity contribution < 1.29 is 9.53 Å². The van der Waals surface area contributed by atoms with Crippen molar-refractivity contribution >= 4 is 11.7 Å². The molecule has 1 heterocycles. The number of nitrogens with one attached hydrogen (secondary N) is 2. The number of nitrogens with zero attached hydrogens (tertiary/aromatic N) is 1. The Bertz CT molecular complexity index is 480. The first-order valence-electron chi connectivity index (χ1n) is 7.87. The van der Waals surface area contributed by atoms with Crippen LogP contribution < -0.4 is 10.6 Å². The molecule has 0 radical (unpaired) electrons. The third kappa shape index (κ3) is 4.71. The number of carbonyl (C=O) groups is 1. The van der Waals surface area contributed by atoms with Crippen molar-refractivity contribution in [2.75, 3.05) is 25.0 Å². The third-order valence-corrected chi connectivity index (χ3v) is 3.99. The number of morpholine rings is 1. The summed E-state index contributed by atoms with van der Waals surface area (Å²) in [7, 11) is 0. The molecule has 22 heavy (non-hydrogen) atoms. The second kappa shape index (κ2) is 7.11. The number of carbonyl (C=O) groups excluding carboxylic acids is 1. The van der Waals surface area contributed by atoms with E-state index in [1.54, 1.807) is 0 Å². The van der Waals surface area contributed by atoms with E-state index >= 15 is 0 Å². The maximum absolute atomic E-state index is 12.0. The molecule has 0 bridgehead atoms. The highest BCUT2D eigenvalue weighted by atomic mass is 16.5. The fraction of sp³-hybridized carbons (Fsp3) is 0.588. The largest absolute Gasteiger partial charge is 0.373 e. The van der Waals surface area contributed by atoms with Crippen LogP contribution in [0.4, 0.5) is 10.5 Å². The van der Waals surface area contributed by atoms with Gasteiger partial charge in [0.2, 0.25) is 0 Å². The summed E-state index contributed by atoms with van der Waals surface area (Å²) in [5, 5.41) is 5.81. The second-order valence-corrected chi connectivity index (χ2v) is 6.65. The summed E-state index contributed by atoms with van der Waals surface area (Å²) in [4.78, 5) is 14.4. The Hall–Kier alpha value is -1.59. The predicted molar refractivity (Wildman–Crippen MR) is 89.1 cm³/mol. The smallest absolute Gasteiger partial charge is 0.319 e. The Morgan fingerprint density at radius 2 is 1.82 bits per heavy atom. The average Bonchev–Trinajstić information content (AvgIpc) is 2.45. The molecule has 2 rings (SSSR count). The van der Waals surface area contributed by atoms with Crippen LogP contribution in [0, 0.1) is 0 Å². The highest BCUT2D eigenvalue weighted by Gasteiger charge is 2.33. The van der Waals surface area contributed by atoms with E-state index in [1.807, 2.05) is 30.3 Å². The normalized spacial score (nSPS) is 23.1. The van der Waals surface area contributed by atoms with Gasteiger partial charge in [-0.3, -0.25) is 4.90 Å². The molecule has 2 amide bonds. The zero-order chi connectivity index (χ0) is 16.2. The van der Waals surface area contributed by atoms with Crippen LogP contribution in [0.5, 0.6) is 0 Å². The van der Waals surface area contributed by atoms with Crippen molar-refractivity contribution in [1.29, 1.82) is 0 Å². The first kappa shape index (κ1) is 16.8. The van der Waals surface area contributed by atoms with Gasteiger partial charge in [-0.25, -0.2) is 4.79 Å². The molecule has 2 atom stereocenters. The van der Waals surface area contributed by atoms with Crippen molar-refractivity contribution in [3.05, 3.63) is 30.3 Å². The molecule has 1 aromatic carbocycles. The molecule has 1 aliphatic rings. The van der Waals surface area contributed by atoms with Crippen molar-refractivity contribution in [2.45, 2.75) is 45.4 Å². The molecule has 1 aromatic rings. The van der Waals surface area contributed by atoms with Gasteiger partial charge in [0, 0.05) is 30.9 Å². The van der Waals surface area contributed by atoms with Gasteiger partial charge in [-0.05, 0) is 39.8 Å². The summed E-state index contributed by atoms with van der Waals surface area (Å²) in [5.41, 5.74) is 0.687. The zero-order valence-electron chi connectivity index (χ0n) is 13.9. The van der Waals surface area contributed by atoms with Crippen LogP contribution in [0.25, 0.3) is 0 Å². The van der Waals surface area contributed by atoms with Crippen LogP contribution in [-0.2, 0) is 4.74 Å². The fourth-order valence-corrected chi connectivity index (χ4v) is 2.78. The van der Waals surface area contributed by atoms with E-state index in [9.17, 15) is 4.79 Å². The van der Waals surface area contributed by atoms with Crippen molar-refractivity contribution in [3.63, 3.8) is 0 Å². The summed E-state index contributed by atoms with van der Waals surface area (Å²) < 4.78 is 5.77. The number of amides is 2. The number of benzene rings is 1. The highest BCUT2D eigenvalue weighted by Crippen LogP contribution is 2.20. The Balaban J connectivity index is 1.85. The number of hydrogen-bond acceptors (Lipinski definition) is 3. The van der Waals surface area contributed by atoms with Gasteiger partial charge in [0.1, 0.15) is 0 Å². The lowest BCUT2D eigenvalue weighted by Crippen LogP contribution is -2.58. The number of rotatable bonds is 4. The maximum Gasteiger partial charge on any atom is 0.319 e. The molecule has 5 heteroatoms. The van der Waals surface area contributed by atoms with Crippen LogP contribution in [-0.4, -0.2) is 48.3 Å². The molecule has 5 nitrogen and oxygen atoms in total. The van der Waals surface area contributed by atoms with Crippen LogP contribution in [0.15, 0.2) is 30.3 Å². The van der Waals surface area contributed by atoms with E-state index in [1.165, 1.54) is 0 Å². The first-order chi connectivity index (χ1) is 10.4. The lowest BCUT2D eigenvalue weighted by Gasteiger charge is -2.45. The van der Waals surface area contributed by atoms with E-state index in [2.05, 4.69) is 43.2 Å². The predicted octanol–water partition coefficient (Wildman–Crippen LogP) is 2.70. The van der Waals surface area contributed by atoms with Gasteiger partial charge in [-0.1, -0.05) is 18.2 Å². The summed E-state index contributed by atoms with van der Waals surface area (Å²) in [5.74, 6) is 0. The molecular weight excluding hydrogens is 278 g/mol. The highest BCUT2D eigenvalue weighted by molar-refractivity contribution is 5.89. The van der Waals surface area contributed by atoms with E-state index < -0.39 is 0 Å². The van der Waals surface area contributed by atoms with Crippen LogP contribution in [0.2, 0.25) is 0 Å². The number of ether oxygens (including phenoxy) is 1. The summed E-state index contributed by atoms with van der Waals surface area (Å²) in [6, 6.07) is 9.29. The molecule has 0 aliphatic carbocycles. The Labute approximate surface area is 133 Å². The quantitative estimate of drug-likeness (QED) is 0.899.